The van der Waals surface area contributed by atoms with Crippen LogP contribution in [0.15, 0.2) is 34.2 Å². The summed E-state index contributed by atoms with van der Waals surface area (Å²) in [6.07, 6.45) is 1.77. The first-order valence-electron chi connectivity index (χ1n) is 8.60. The number of carboxylic acids is 1. The number of amides is 1. The van der Waals surface area contributed by atoms with Gasteiger partial charge in [-0.3, -0.25) is 9.69 Å². The van der Waals surface area contributed by atoms with E-state index in [0.717, 1.165) is 36.9 Å². The van der Waals surface area contributed by atoms with Crippen molar-refractivity contribution >= 4 is 34.9 Å². The second-order valence-electron chi connectivity index (χ2n) is 6.11. The van der Waals surface area contributed by atoms with Gasteiger partial charge in [-0.15, -0.1) is 0 Å². The topological polar surface area (TPSA) is 103 Å². The lowest BCUT2D eigenvalue weighted by atomic mass is 10.2. The lowest BCUT2D eigenvalue weighted by Crippen LogP contribution is -2.48. The predicted molar refractivity (Wildman–Crippen MR) is 103 cm³/mol. The van der Waals surface area contributed by atoms with Crippen LogP contribution in [0.1, 0.15) is 5.56 Å². The van der Waals surface area contributed by atoms with E-state index in [1.807, 2.05) is 0 Å². The van der Waals surface area contributed by atoms with Crippen LogP contribution < -0.4 is 4.74 Å². The first-order valence-corrected chi connectivity index (χ1v) is 9.42. The molecule has 2 heterocycles. The molecule has 27 heavy (non-hydrogen) atoms. The highest BCUT2D eigenvalue weighted by atomic mass is 32.2. The molecule has 0 radical (unpaired) electrons. The van der Waals surface area contributed by atoms with E-state index in [9.17, 15) is 9.59 Å². The smallest absolute Gasteiger partial charge is 0.341 e. The molecule has 2 aliphatic heterocycles. The van der Waals surface area contributed by atoms with E-state index < -0.39 is 12.6 Å². The van der Waals surface area contributed by atoms with Crippen molar-refractivity contribution in [2.24, 2.45) is 4.99 Å². The van der Waals surface area contributed by atoms with Crippen molar-refractivity contribution in [1.29, 1.82) is 0 Å². The highest BCUT2D eigenvalue weighted by Crippen LogP contribution is 2.31. The van der Waals surface area contributed by atoms with Crippen molar-refractivity contribution < 1.29 is 24.5 Å². The first-order chi connectivity index (χ1) is 13.0. The predicted octanol–water partition coefficient (Wildman–Crippen LogP) is 0.730. The molecule has 9 heteroatoms. The second kappa shape index (κ2) is 9.03. The molecule has 144 valence electrons. The summed E-state index contributed by atoms with van der Waals surface area (Å²) in [5, 5.41) is 18.3. The number of aliphatic carboxylic acids is 1. The number of piperazine rings is 1. The van der Waals surface area contributed by atoms with Crippen molar-refractivity contribution in [1.82, 2.24) is 9.80 Å². The summed E-state index contributed by atoms with van der Waals surface area (Å²) in [4.78, 5) is 31.7. The minimum atomic E-state index is -1.03. The van der Waals surface area contributed by atoms with Crippen LogP contribution >= 0.6 is 11.8 Å². The molecule has 1 aromatic carbocycles. The van der Waals surface area contributed by atoms with Gasteiger partial charge in [-0.1, -0.05) is 12.1 Å². The van der Waals surface area contributed by atoms with Gasteiger partial charge in [0.25, 0.3) is 5.91 Å². The molecule has 0 aliphatic carbocycles. The Morgan fingerprint density at radius 1 is 1.22 bits per heavy atom. The van der Waals surface area contributed by atoms with Crippen LogP contribution in [0.25, 0.3) is 6.08 Å². The number of aliphatic hydroxyl groups excluding tert-OH is 1. The van der Waals surface area contributed by atoms with E-state index in [2.05, 4.69) is 14.8 Å². The molecule has 1 aromatic rings. The zero-order valence-corrected chi connectivity index (χ0v) is 15.5. The monoisotopic (exact) mass is 391 g/mol. The minimum Gasteiger partial charge on any atom is -0.482 e. The van der Waals surface area contributed by atoms with Gasteiger partial charge in [-0.25, -0.2) is 4.79 Å². The Bertz CT molecular complexity index is 755. The normalized spacial score (nSPS) is 19.4. The van der Waals surface area contributed by atoms with Gasteiger partial charge in [0.15, 0.2) is 11.8 Å². The zero-order chi connectivity index (χ0) is 19.2. The summed E-state index contributed by atoms with van der Waals surface area (Å²) in [7, 11) is 0. The number of nitrogens with zero attached hydrogens (tertiary/aromatic N) is 3. The fraction of sp³-hybridized carbons (Fsp3) is 0.389. The van der Waals surface area contributed by atoms with Crippen LogP contribution in [0.3, 0.4) is 0 Å². The van der Waals surface area contributed by atoms with Crippen LogP contribution in [0.2, 0.25) is 0 Å². The summed E-state index contributed by atoms with van der Waals surface area (Å²) in [5.74, 6) is -0.822. The average Bonchev–Trinajstić information content (AvgIpc) is 3.02. The maximum atomic E-state index is 12.2. The van der Waals surface area contributed by atoms with Crippen LogP contribution in [0.4, 0.5) is 0 Å². The fourth-order valence-corrected chi connectivity index (χ4v) is 3.76. The molecule has 1 saturated heterocycles. The Balaban J connectivity index is 1.58. The summed E-state index contributed by atoms with van der Waals surface area (Å²) >= 11 is 1.36. The average molecular weight is 391 g/mol. The molecule has 0 atom stereocenters. The number of amidine groups is 1. The molecule has 1 fully saturated rings. The number of hydrogen-bond donors (Lipinski definition) is 2. The first kappa shape index (κ1) is 19.4. The zero-order valence-electron chi connectivity index (χ0n) is 14.7. The number of carbonyl (C=O) groups is 2. The van der Waals surface area contributed by atoms with E-state index in [1.165, 1.54) is 11.8 Å². The third-order valence-electron chi connectivity index (χ3n) is 4.21. The highest BCUT2D eigenvalue weighted by Gasteiger charge is 2.28. The molecule has 0 spiro atoms. The van der Waals surface area contributed by atoms with Gasteiger partial charge in [-0.05, 0) is 35.5 Å². The highest BCUT2D eigenvalue weighted by molar-refractivity contribution is 8.18. The van der Waals surface area contributed by atoms with Gasteiger partial charge in [-0.2, -0.15) is 4.99 Å². The Hall–Kier alpha value is -2.36. The summed E-state index contributed by atoms with van der Waals surface area (Å²) in [5.41, 5.74) is 0.817. The molecular formula is C18H21N3O5S. The van der Waals surface area contributed by atoms with E-state index in [0.29, 0.717) is 17.2 Å². The third kappa shape index (κ3) is 5.31. The number of carboxylic acid groups (broad SMARTS) is 1. The fourth-order valence-electron chi connectivity index (χ4n) is 2.79. The van der Waals surface area contributed by atoms with Crippen LogP contribution in [-0.4, -0.2) is 83.0 Å². The van der Waals surface area contributed by atoms with E-state index in [1.54, 1.807) is 30.3 Å². The van der Waals surface area contributed by atoms with Crippen molar-refractivity contribution in [3.8, 4) is 5.75 Å². The molecule has 3 rings (SSSR count). The molecule has 0 unspecified atom stereocenters. The molecule has 8 nitrogen and oxygen atoms in total. The Labute approximate surface area is 161 Å². The molecular weight excluding hydrogens is 370 g/mol. The number of ether oxygens (including phenoxy) is 1. The van der Waals surface area contributed by atoms with Gasteiger partial charge in [0.2, 0.25) is 0 Å². The third-order valence-corrected chi connectivity index (χ3v) is 5.25. The lowest BCUT2D eigenvalue weighted by Gasteiger charge is -2.34. The second-order valence-corrected chi connectivity index (χ2v) is 7.12. The Kier molecular flexibility index (Phi) is 6.49. The van der Waals surface area contributed by atoms with Crippen molar-refractivity contribution in [2.75, 3.05) is 45.9 Å². The maximum Gasteiger partial charge on any atom is 0.341 e. The molecule has 0 saturated carbocycles. The molecule has 2 aliphatic rings. The van der Waals surface area contributed by atoms with Crippen molar-refractivity contribution in [2.45, 2.75) is 0 Å². The molecule has 1 amide bonds. The number of thioether (sulfide) groups is 1. The largest absolute Gasteiger partial charge is 0.482 e. The van der Waals surface area contributed by atoms with E-state index >= 15 is 0 Å². The Morgan fingerprint density at radius 3 is 2.56 bits per heavy atom. The van der Waals surface area contributed by atoms with Crippen LogP contribution in [-0.2, 0) is 9.59 Å². The lowest BCUT2D eigenvalue weighted by molar-refractivity contribution is -0.139. The van der Waals surface area contributed by atoms with E-state index in [4.69, 9.17) is 14.9 Å². The van der Waals surface area contributed by atoms with Crippen molar-refractivity contribution in [3.63, 3.8) is 0 Å². The minimum absolute atomic E-state index is 0.154. The number of β-amino-alcohol motifs (C(OH)–C–C–N with tert-alkyl or cyclic N) is 1. The van der Waals surface area contributed by atoms with Gasteiger partial charge in [0.1, 0.15) is 5.75 Å². The molecule has 0 bridgehead atoms. The summed E-state index contributed by atoms with van der Waals surface area (Å²) in [6, 6.07) is 6.87. The molecule has 0 aromatic heterocycles. The van der Waals surface area contributed by atoms with Crippen LogP contribution in [0, 0.1) is 0 Å². The van der Waals surface area contributed by atoms with Gasteiger partial charge in [0, 0.05) is 32.7 Å². The number of rotatable bonds is 6. The van der Waals surface area contributed by atoms with E-state index in [-0.39, 0.29) is 12.5 Å². The maximum absolute atomic E-state index is 12.2. The quantitative estimate of drug-likeness (QED) is 0.685. The number of aliphatic imine (C=N–C) groups is 1. The van der Waals surface area contributed by atoms with Gasteiger partial charge < -0.3 is 19.8 Å². The number of carbonyl (C=O) groups excluding carboxylic acids is 1. The van der Waals surface area contributed by atoms with Crippen molar-refractivity contribution in [3.05, 3.63) is 34.7 Å². The number of aliphatic hydroxyl groups is 1. The van der Waals surface area contributed by atoms with Crippen LogP contribution in [0.5, 0.6) is 5.75 Å². The molecule has 2 N–H and O–H groups in total. The Morgan fingerprint density at radius 2 is 1.93 bits per heavy atom. The van der Waals surface area contributed by atoms with Gasteiger partial charge >= 0.3 is 5.97 Å². The standard InChI is InChI=1S/C18H21N3O5S/c22-10-9-20-5-7-21(8-6-20)18-19-17(25)15(27-18)11-13-1-3-14(4-2-13)26-12-16(23)24/h1-4,11,22H,5-10,12H2,(H,23,24). The SMILES string of the molecule is O=C(O)COc1ccc(C=C2SC(N3CCN(CCO)CC3)=NC2=O)cc1. The number of hydrogen-bond acceptors (Lipinski definition) is 7. The number of benzene rings is 1. The summed E-state index contributed by atoms with van der Waals surface area (Å²) in [6.45, 7) is 3.67. The van der Waals surface area contributed by atoms with Gasteiger partial charge in [0.05, 0.1) is 11.5 Å². The summed E-state index contributed by atoms with van der Waals surface area (Å²) < 4.78 is 5.09.